The monoisotopic (exact) mass is 556 g/mol. The molecule has 0 aliphatic carbocycles. The first-order valence-electron chi connectivity index (χ1n) is 10.2. The number of ether oxygens (including phenoxy) is 1. The summed E-state index contributed by atoms with van der Waals surface area (Å²) in [5, 5.41) is 4.74. The van der Waals surface area contributed by atoms with E-state index < -0.39 is 10.0 Å². The predicted molar refractivity (Wildman–Crippen MR) is 141 cm³/mol. The molecule has 9 heteroatoms. The van der Waals surface area contributed by atoms with E-state index in [0.717, 1.165) is 28.7 Å². The van der Waals surface area contributed by atoms with Gasteiger partial charge in [-0.3, -0.25) is 9.52 Å². The molecule has 0 aliphatic heterocycles. The van der Waals surface area contributed by atoms with Crippen LogP contribution in [-0.2, 0) is 16.6 Å². The number of nitrogens with one attached hydrogen (secondary N) is 2. The highest BCUT2D eigenvalue weighted by Crippen LogP contribution is 2.34. The largest absolute Gasteiger partial charge is 0.488 e. The molecule has 4 aromatic rings. The van der Waals surface area contributed by atoms with Gasteiger partial charge in [0, 0.05) is 15.7 Å². The summed E-state index contributed by atoms with van der Waals surface area (Å²) in [7, 11) is -3.44. The van der Waals surface area contributed by atoms with Crippen LogP contribution in [0.3, 0.4) is 0 Å². The molecule has 174 valence electrons. The van der Waals surface area contributed by atoms with Crippen molar-refractivity contribution in [3.63, 3.8) is 0 Å². The van der Waals surface area contributed by atoms with E-state index in [9.17, 15) is 13.2 Å². The molecule has 0 radical (unpaired) electrons. The maximum Gasteiger partial charge on any atom is 0.265 e. The van der Waals surface area contributed by atoms with Gasteiger partial charge < -0.3 is 10.1 Å². The Labute approximate surface area is 210 Å². The van der Waals surface area contributed by atoms with Crippen molar-refractivity contribution >= 4 is 54.6 Å². The first kappa shape index (κ1) is 24.0. The zero-order chi connectivity index (χ0) is 24.1. The number of para-hydroxylation sites is 1. The van der Waals surface area contributed by atoms with Gasteiger partial charge in [0.1, 0.15) is 12.4 Å². The number of halogens is 1. The van der Waals surface area contributed by atoms with Crippen molar-refractivity contribution in [3.8, 4) is 16.9 Å². The molecule has 4 rings (SSSR count). The van der Waals surface area contributed by atoms with Gasteiger partial charge in [-0.05, 0) is 46.8 Å². The molecular weight excluding hydrogens is 536 g/mol. The minimum absolute atomic E-state index is 0.289. The highest BCUT2D eigenvalue weighted by molar-refractivity contribution is 9.10. The fourth-order valence-corrected chi connectivity index (χ4v) is 5.13. The minimum Gasteiger partial charge on any atom is -0.488 e. The number of amides is 1. The molecule has 0 saturated carbocycles. The number of thiophene rings is 1. The Kier molecular flexibility index (Phi) is 7.35. The molecule has 3 aromatic carbocycles. The zero-order valence-corrected chi connectivity index (χ0v) is 21.3. The second-order valence-electron chi connectivity index (χ2n) is 7.53. The van der Waals surface area contributed by atoms with Crippen molar-refractivity contribution in [1.82, 2.24) is 0 Å². The first-order valence-corrected chi connectivity index (χ1v) is 13.8. The van der Waals surface area contributed by atoms with E-state index in [-0.39, 0.29) is 5.91 Å². The lowest BCUT2D eigenvalue weighted by atomic mass is 10.1. The van der Waals surface area contributed by atoms with Crippen LogP contribution < -0.4 is 14.8 Å². The summed E-state index contributed by atoms with van der Waals surface area (Å²) < 4.78 is 32.2. The maximum absolute atomic E-state index is 12.9. The molecular formula is C25H21BrN2O4S2. The van der Waals surface area contributed by atoms with Crippen LogP contribution in [0.4, 0.5) is 11.4 Å². The summed E-state index contributed by atoms with van der Waals surface area (Å²) in [6, 6.07) is 24.3. The summed E-state index contributed by atoms with van der Waals surface area (Å²) >= 11 is 4.67. The molecule has 0 aliphatic rings. The van der Waals surface area contributed by atoms with Crippen LogP contribution in [0.15, 0.2) is 88.7 Å². The van der Waals surface area contributed by atoms with Crippen LogP contribution in [0.2, 0.25) is 0 Å². The smallest absolute Gasteiger partial charge is 0.265 e. The third-order valence-corrected chi connectivity index (χ3v) is 6.71. The van der Waals surface area contributed by atoms with Gasteiger partial charge in [0.15, 0.2) is 0 Å². The van der Waals surface area contributed by atoms with Crippen LogP contribution in [0.1, 0.15) is 15.2 Å². The second kappa shape index (κ2) is 10.4. The fraction of sp³-hybridized carbons (Fsp3) is 0.0800. The van der Waals surface area contributed by atoms with E-state index in [2.05, 4.69) is 26.0 Å². The van der Waals surface area contributed by atoms with Gasteiger partial charge >= 0.3 is 0 Å². The van der Waals surface area contributed by atoms with Gasteiger partial charge in [0.25, 0.3) is 5.91 Å². The Balaban J connectivity index is 1.50. The number of rotatable bonds is 8. The van der Waals surface area contributed by atoms with Crippen molar-refractivity contribution in [1.29, 1.82) is 0 Å². The number of carbonyl (C=O) groups excluding carboxylic acids is 1. The van der Waals surface area contributed by atoms with Gasteiger partial charge in [-0.1, -0.05) is 64.5 Å². The van der Waals surface area contributed by atoms with Gasteiger partial charge in [-0.25, -0.2) is 8.42 Å². The fourth-order valence-electron chi connectivity index (χ4n) is 3.29. The SMILES string of the molecule is CS(=O)(=O)Nc1cc(Br)cc(NC(=O)c2cc(-c3ccccc3OCc3ccccc3)cs2)c1. The van der Waals surface area contributed by atoms with E-state index in [0.29, 0.717) is 27.3 Å². The molecule has 2 N–H and O–H groups in total. The number of hydrogen-bond acceptors (Lipinski definition) is 5. The Morgan fingerprint density at radius 3 is 2.44 bits per heavy atom. The first-order chi connectivity index (χ1) is 16.3. The number of carbonyl (C=O) groups is 1. The van der Waals surface area contributed by atoms with E-state index in [1.807, 2.05) is 66.0 Å². The highest BCUT2D eigenvalue weighted by Gasteiger charge is 2.14. The summed E-state index contributed by atoms with van der Waals surface area (Å²) in [5.74, 6) is 0.446. The van der Waals surface area contributed by atoms with Gasteiger partial charge in [-0.2, -0.15) is 0 Å². The number of benzene rings is 3. The molecule has 0 bridgehead atoms. The average Bonchev–Trinajstić information content (AvgIpc) is 3.27. The Hall–Kier alpha value is -3.14. The third kappa shape index (κ3) is 6.47. The topological polar surface area (TPSA) is 84.5 Å². The van der Waals surface area contributed by atoms with Crippen molar-refractivity contribution in [2.75, 3.05) is 16.3 Å². The lowest BCUT2D eigenvalue weighted by Gasteiger charge is -2.11. The van der Waals surface area contributed by atoms with E-state index >= 15 is 0 Å². The van der Waals surface area contributed by atoms with Crippen LogP contribution in [0, 0.1) is 0 Å². The molecule has 1 heterocycles. The van der Waals surface area contributed by atoms with E-state index in [1.54, 1.807) is 18.2 Å². The van der Waals surface area contributed by atoms with Gasteiger partial charge in [0.05, 0.1) is 16.8 Å². The summed E-state index contributed by atoms with van der Waals surface area (Å²) in [6.45, 7) is 0.446. The van der Waals surface area contributed by atoms with Gasteiger partial charge in [-0.15, -0.1) is 11.3 Å². The Bertz CT molecular complexity index is 1420. The Morgan fingerprint density at radius 2 is 1.68 bits per heavy atom. The van der Waals surface area contributed by atoms with Crippen LogP contribution >= 0.6 is 27.3 Å². The Morgan fingerprint density at radius 1 is 0.971 bits per heavy atom. The molecule has 34 heavy (non-hydrogen) atoms. The number of anilines is 2. The average molecular weight is 557 g/mol. The maximum atomic E-state index is 12.9. The molecule has 0 atom stereocenters. The highest BCUT2D eigenvalue weighted by atomic mass is 79.9. The predicted octanol–water partition coefficient (Wildman–Crippen LogP) is 6.38. The normalized spacial score (nSPS) is 11.1. The molecule has 6 nitrogen and oxygen atoms in total. The molecule has 1 aromatic heterocycles. The van der Waals surface area contributed by atoms with Crippen molar-refractivity contribution in [2.45, 2.75) is 6.61 Å². The third-order valence-electron chi connectivity index (χ3n) is 4.72. The second-order valence-corrected chi connectivity index (χ2v) is 11.1. The van der Waals surface area contributed by atoms with Crippen molar-refractivity contribution in [3.05, 3.63) is 99.2 Å². The van der Waals surface area contributed by atoms with E-state index in [1.165, 1.54) is 11.3 Å². The van der Waals surface area contributed by atoms with Crippen molar-refractivity contribution in [2.24, 2.45) is 0 Å². The molecule has 0 unspecified atom stereocenters. The number of hydrogen-bond donors (Lipinski definition) is 2. The van der Waals surface area contributed by atoms with E-state index in [4.69, 9.17) is 4.74 Å². The molecule has 1 amide bonds. The summed E-state index contributed by atoms with van der Waals surface area (Å²) in [5.41, 5.74) is 3.67. The van der Waals surface area contributed by atoms with Crippen molar-refractivity contribution < 1.29 is 17.9 Å². The summed E-state index contributed by atoms with van der Waals surface area (Å²) in [6.07, 6.45) is 1.07. The standard InChI is InChI=1S/C25H21BrN2O4S2/c1-34(30,31)28-21-13-19(26)12-20(14-21)27-25(29)24-11-18(16-33-24)22-9-5-6-10-23(22)32-15-17-7-3-2-4-8-17/h2-14,16,28H,15H2,1H3,(H,27,29). The lowest BCUT2D eigenvalue weighted by Crippen LogP contribution is -2.12. The quantitative estimate of drug-likeness (QED) is 0.263. The molecule has 0 saturated heterocycles. The van der Waals surface area contributed by atoms with Crippen LogP contribution in [0.25, 0.3) is 11.1 Å². The molecule has 0 fully saturated rings. The minimum atomic E-state index is -3.44. The molecule has 0 spiro atoms. The summed E-state index contributed by atoms with van der Waals surface area (Å²) in [4.78, 5) is 13.4. The number of sulfonamides is 1. The lowest BCUT2D eigenvalue weighted by molar-refractivity contribution is 0.103. The van der Waals surface area contributed by atoms with Gasteiger partial charge in [0.2, 0.25) is 10.0 Å². The zero-order valence-electron chi connectivity index (χ0n) is 18.1. The van der Waals surface area contributed by atoms with Crippen LogP contribution in [-0.4, -0.2) is 20.6 Å². The van der Waals surface area contributed by atoms with Crippen LogP contribution in [0.5, 0.6) is 5.75 Å².